The molecule has 6 nitrogen and oxygen atoms in total. The number of fused-ring (bicyclic) bond motifs is 1. The van der Waals surface area contributed by atoms with E-state index in [1.165, 1.54) is 0 Å². The first-order valence-electron chi connectivity index (χ1n) is 10.9. The molecule has 1 aromatic heterocycles. The number of rotatable bonds is 5. The maximum Gasteiger partial charge on any atom is 0.269 e. The highest BCUT2D eigenvalue weighted by atomic mass is 16.5. The van der Waals surface area contributed by atoms with Crippen molar-refractivity contribution in [1.29, 1.82) is 0 Å². The molecular weight excluding hydrogens is 402 g/mol. The van der Waals surface area contributed by atoms with E-state index in [1.54, 1.807) is 31.0 Å². The molecular formula is C26H31N3O3. The van der Waals surface area contributed by atoms with E-state index in [0.29, 0.717) is 12.2 Å². The number of nitrogens with zero attached hydrogens (tertiary/aromatic N) is 2. The normalized spacial score (nSPS) is 13.2. The van der Waals surface area contributed by atoms with Crippen molar-refractivity contribution in [1.82, 2.24) is 14.8 Å². The van der Waals surface area contributed by atoms with Crippen LogP contribution in [-0.4, -0.2) is 61.4 Å². The molecule has 0 fully saturated rings. The number of hydrogen-bond donors (Lipinski definition) is 1. The molecule has 0 atom stereocenters. The third kappa shape index (κ3) is 4.54. The van der Waals surface area contributed by atoms with Crippen LogP contribution in [0.25, 0.3) is 27.6 Å². The molecule has 4 rings (SSSR count). The Morgan fingerprint density at radius 2 is 1.88 bits per heavy atom. The number of nitrogens with one attached hydrogen (secondary N) is 1. The lowest BCUT2D eigenvalue weighted by Crippen LogP contribution is -2.27. The summed E-state index contributed by atoms with van der Waals surface area (Å²) < 4.78 is 5.61. The third-order valence-corrected chi connectivity index (χ3v) is 5.47. The van der Waals surface area contributed by atoms with Crippen molar-refractivity contribution in [2.75, 3.05) is 34.3 Å². The van der Waals surface area contributed by atoms with Gasteiger partial charge >= 0.3 is 0 Å². The summed E-state index contributed by atoms with van der Waals surface area (Å²) in [5.74, 6) is 0.688. The van der Waals surface area contributed by atoms with Crippen LogP contribution in [-0.2, 0) is 4.79 Å². The molecule has 6 heteroatoms. The van der Waals surface area contributed by atoms with Crippen LogP contribution in [0.15, 0.2) is 48.5 Å². The van der Waals surface area contributed by atoms with E-state index in [-0.39, 0.29) is 5.91 Å². The lowest BCUT2D eigenvalue weighted by Gasteiger charge is -2.24. The van der Waals surface area contributed by atoms with Gasteiger partial charge in [0.1, 0.15) is 11.4 Å². The van der Waals surface area contributed by atoms with Crippen LogP contribution in [0.2, 0.25) is 0 Å². The van der Waals surface area contributed by atoms with Gasteiger partial charge in [-0.25, -0.2) is 0 Å². The second kappa shape index (κ2) is 10.2. The summed E-state index contributed by atoms with van der Waals surface area (Å²) in [6.45, 7) is 5.31. The van der Waals surface area contributed by atoms with Crippen molar-refractivity contribution in [3.63, 3.8) is 0 Å². The van der Waals surface area contributed by atoms with Crippen molar-refractivity contribution in [3.05, 3.63) is 59.8 Å². The number of methoxy groups -OCH3 is 1. The average molecular weight is 434 g/mol. The zero-order chi connectivity index (χ0) is 23.3. The zero-order valence-corrected chi connectivity index (χ0v) is 19.4. The predicted molar refractivity (Wildman–Crippen MR) is 130 cm³/mol. The Morgan fingerprint density at radius 3 is 2.56 bits per heavy atom. The third-order valence-electron chi connectivity index (χ3n) is 5.47. The molecule has 0 radical (unpaired) electrons. The maximum atomic E-state index is 12.6. The Hall–Kier alpha value is -3.54. The first kappa shape index (κ1) is 23.1. The van der Waals surface area contributed by atoms with Crippen LogP contribution in [0, 0.1) is 0 Å². The van der Waals surface area contributed by atoms with Crippen LogP contribution >= 0.6 is 0 Å². The van der Waals surface area contributed by atoms with Gasteiger partial charge in [-0.1, -0.05) is 38.1 Å². The summed E-state index contributed by atoms with van der Waals surface area (Å²) in [5.41, 5.74) is 5.48. The number of ether oxygens (including phenoxy) is 1. The maximum absolute atomic E-state index is 12.6. The van der Waals surface area contributed by atoms with Crippen molar-refractivity contribution >= 4 is 28.8 Å². The molecule has 3 aromatic rings. The molecule has 1 N–H and O–H groups in total. The number of carbonyl (C=O) groups is 2. The predicted octanol–water partition coefficient (Wildman–Crippen LogP) is 4.82. The van der Waals surface area contributed by atoms with Gasteiger partial charge in [0.05, 0.1) is 7.11 Å². The van der Waals surface area contributed by atoms with Crippen LogP contribution in [0.4, 0.5) is 0 Å². The van der Waals surface area contributed by atoms with E-state index < -0.39 is 0 Å². The summed E-state index contributed by atoms with van der Waals surface area (Å²) in [6, 6.07) is 13.9. The molecule has 0 bridgehead atoms. The molecule has 1 aliphatic rings. The lowest BCUT2D eigenvalue weighted by molar-refractivity contribution is -0.117. The summed E-state index contributed by atoms with van der Waals surface area (Å²) >= 11 is 0. The smallest absolute Gasteiger partial charge is 0.269 e. The molecule has 0 aliphatic carbocycles. The second-order valence-electron chi connectivity index (χ2n) is 7.66. The molecule has 0 spiro atoms. The van der Waals surface area contributed by atoms with Crippen LogP contribution in [0.5, 0.6) is 5.75 Å². The minimum atomic E-state index is -0.0808. The Labute approximate surface area is 189 Å². The number of benzene rings is 2. The Bertz CT molecular complexity index is 1140. The molecule has 0 unspecified atom stereocenters. The molecule has 2 amide bonds. The van der Waals surface area contributed by atoms with E-state index in [2.05, 4.69) is 23.2 Å². The number of carbonyl (C=O) groups excluding carboxylic acids is 2. The van der Waals surface area contributed by atoms with Gasteiger partial charge in [0.2, 0.25) is 6.41 Å². The average Bonchev–Trinajstić information content (AvgIpc) is 3.28. The largest absolute Gasteiger partial charge is 0.496 e. The van der Waals surface area contributed by atoms with Gasteiger partial charge in [-0.05, 0) is 47.4 Å². The molecule has 2 aromatic carbocycles. The first-order chi connectivity index (χ1) is 15.5. The van der Waals surface area contributed by atoms with Crippen molar-refractivity contribution in [3.8, 4) is 16.9 Å². The Balaban J connectivity index is 0.00000141. The second-order valence-corrected chi connectivity index (χ2v) is 7.66. The zero-order valence-electron chi connectivity index (χ0n) is 19.4. The number of H-pyrrole nitrogens is 1. The summed E-state index contributed by atoms with van der Waals surface area (Å²) in [5, 5.41) is 0.956. The van der Waals surface area contributed by atoms with Gasteiger partial charge in [0.15, 0.2) is 0 Å². The van der Waals surface area contributed by atoms with E-state index in [1.807, 2.05) is 44.2 Å². The number of para-hydroxylation sites is 1. The monoisotopic (exact) mass is 433 g/mol. The van der Waals surface area contributed by atoms with Crippen LogP contribution < -0.4 is 4.74 Å². The fourth-order valence-corrected chi connectivity index (χ4v) is 3.94. The molecule has 168 valence electrons. The van der Waals surface area contributed by atoms with Crippen LogP contribution in [0.3, 0.4) is 0 Å². The van der Waals surface area contributed by atoms with Gasteiger partial charge in [-0.3, -0.25) is 9.59 Å². The van der Waals surface area contributed by atoms with Crippen molar-refractivity contribution in [2.45, 2.75) is 20.3 Å². The minimum Gasteiger partial charge on any atom is -0.496 e. The van der Waals surface area contributed by atoms with Gasteiger partial charge in [0.25, 0.3) is 5.91 Å². The van der Waals surface area contributed by atoms with Crippen LogP contribution in [0.1, 0.15) is 36.3 Å². The number of amides is 2. The van der Waals surface area contributed by atoms with E-state index in [0.717, 1.165) is 58.3 Å². The van der Waals surface area contributed by atoms with E-state index >= 15 is 0 Å². The molecule has 0 saturated heterocycles. The topological polar surface area (TPSA) is 65.6 Å². The van der Waals surface area contributed by atoms with Gasteiger partial charge < -0.3 is 19.5 Å². The fourth-order valence-electron chi connectivity index (χ4n) is 3.94. The molecule has 32 heavy (non-hydrogen) atoms. The number of hydrogen-bond acceptors (Lipinski definition) is 3. The number of aromatic nitrogens is 1. The van der Waals surface area contributed by atoms with Crippen molar-refractivity contribution in [2.24, 2.45) is 0 Å². The lowest BCUT2D eigenvalue weighted by atomic mass is 9.93. The Morgan fingerprint density at radius 1 is 1.12 bits per heavy atom. The highest BCUT2D eigenvalue weighted by molar-refractivity contribution is 6.04. The molecule has 1 aliphatic heterocycles. The SMILES string of the molecule is CC.COc1ccccc1-c1cc(C2=CCCN(C=O)C2)cc2[nH]c(C(=O)N(C)C)cc12. The molecule has 2 heterocycles. The number of aromatic amines is 1. The van der Waals surface area contributed by atoms with E-state index in [9.17, 15) is 9.59 Å². The highest BCUT2D eigenvalue weighted by Gasteiger charge is 2.19. The van der Waals surface area contributed by atoms with Gasteiger partial charge in [-0.2, -0.15) is 0 Å². The fraction of sp³-hybridized carbons (Fsp3) is 0.308. The molecule has 0 saturated carbocycles. The van der Waals surface area contributed by atoms with E-state index in [4.69, 9.17) is 4.74 Å². The first-order valence-corrected chi connectivity index (χ1v) is 10.9. The van der Waals surface area contributed by atoms with Gasteiger partial charge in [0, 0.05) is 43.7 Å². The quantitative estimate of drug-likeness (QED) is 0.587. The summed E-state index contributed by atoms with van der Waals surface area (Å²) in [7, 11) is 5.13. The van der Waals surface area contributed by atoms with Crippen molar-refractivity contribution < 1.29 is 14.3 Å². The summed E-state index contributed by atoms with van der Waals surface area (Å²) in [6.07, 6.45) is 3.91. The minimum absolute atomic E-state index is 0.0808. The van der Waals surface area contributed by atoms with Gasteiger partial charge in [-0.15, -0.1) is 0 Å². The Kier molecular flexibility index (Phi) is 7.36. The summed E-state index contributed by atoms with van der Waals surface area (Å²) in [4.78, 5) is 30.5. The standard InChI is InChI=1S/C24H25N3O3.C2H6/c1-26(2)24(29)22-13-20-19(18-8-4-5-9-23(18)30-3)11-17(12-21(20)25-22)16-7-6-10-27(14-16)15-28;1-2/h4-5,7-9,11-13,15,25H,6,10,14H2,1-3H3;1-2H3. The highest BCUT2D eigenvalue weighted by Crippen LogP contribution is 2.38.